The topological polar surface area (TPSA) is 64.3 Å². The number of rotatable bonds is 5. The predicted octanol–water partition coefficient (Wildman–Crippen LogP) is 1.80. The van der Waals surface area contributed by atoms with E-state index in [0.29, 0.717) is 11.3 Å². The van der Waals surface area contributed by atoms with Crippen LogP contribution in [0, 0.1) is 23.7 Å². The first-order chi connectivity index (χ1) is 8.63. The number of terminal acetylenes is 1. The summed E-state index contributed by atoms with van der Waals surface area (Å²) in [6.07, 6.45) is 7.10. The SMILES string of the molecule is C#CCN(CC(=O)O)c1cccc(SC)c1C#N. The van der Waals surface area contributed by atoms with E-state index in [2.05, 4.69) is 12.0 Å². The van der Waals surface area contributed by atoms with Gasteiger partial charge in [-0.15, -0.1) is 18.2 Å². The number of nitrogens with zero attached hydrogens (tertiary/aromatic N) is 2. The van der Waals surface area contributed by atoms with Gasteiger partial charge in [-0.05, 0) is 18.4 Å². The molecule has 0 fully saturated rings. The molecule has 0 heterocycles. The van der Waals surface area contributed by atoms with Crippen LogP contribution in [0.2, 0.25) is 0 Å². The van der Waals surface area contributed by atoms with E-state index >= 15 is 0 Å². The highest BCUT2D eigenvalue weighted by molar-refractivity contribution is 7.98. The van der Waals surface area contributed by atoms with Gasteiger partial charge in [-0.3, -0.25) is 4.79 Å². The highest BCUT2D eigenvalue weighted by atomic mass is 32.2. The third-order valence-electron chi connectivity index (χ3n) is 2.28. The van der Waals surface area contributed by atoms with Gasteiger partial charge in [-0.2, -0.15) is 5.26 Å². The first-order valence-corrected chi connectivity index (χ1v) is 6.33. The van der Waals surface area contributed by atoms with Crippen LogP contribution in [0.3, 0.4) is 0 Å². The Morgan fingerprint density at radius 2 is 2.33 bits per heavy atom. The number of nitriles is 1. The maximum absolute atomic E-state index is 10.8. The number of thioether (sulfide) groups is 1. The van der Waals surface area contributed by atoms with E-state index in [-0.39, 0.29) is 13.1 Å². The largest absolute Gasteiger partial charge is 0.480 e. The van der Waals surface area contributed by atoms with E-state index in [1.807, 2.05) is 12.3 Å². The van der Waals surface area contributed by atoms with Crippen molar-refractivity contribution in [1.82, 2.24) is 0 Å². The van der Waals surface area contributed by atoms with Crippen molar-refractivity contribution >= 4 is 23.4 Å². The van der Waals surface area contributed by atoms with E-state index in [4.69, 9.17) is 11.5 Å². The second-order valence-corrected chi connectivity index (χ2v) is 4.27. The van der Waals surface area contributed by atoms with E-state index < -0.39 is 5.97 Å². The van der Waals surface area contributed by atoms with Crippen molar-refractivity contribution in [1.29, 1.82) is 5.26 Å². The van der Waals surface area contributed by atoms with Crippen LogP contribution >= 0.6 is 11.8 Å². The Hall–Kier alpha value is -2.11. The highest BCUT2D eigenvalue weighted by Crippen LogP contribution is 2.28. The lowest BCUT2D eigenvalue weighted by Crippen LogP contribution is -2.30. The first kappa shape index (κ1) is 14.0. The van der Waals surface area contributed by atoms with Gasteiger partial charge in [0.25, 0.3) is 0 Å². The molecule has 92 valence electrons. The van der Waals surface area contributed by atoms with Crippen molar-refractivity contribution in [3.8, 4) is 18.4 Å². The lowest BCUT2D eigenvalue weighted by molar-refractivity contribution is -0.135. The minimum Gasteiger partial charge on any atom is -0.480 e. The summed E-state index contributed by atoms with van der Waals surface area (Å²) in [6, 6.07) is 7.42. The minimum absolute atomic E-state index is 0.152. The Morgan fingerprint density at radius 3 is 2.83 bits per heavy atom. The zero-order valence-electron chi connectivity index (χ0n) is 9.88. The first-order valence-electron chi connectivity index (χ1n) is 5.11. The van der Waals surface area contributed by atoms with Gasteiger partial charge in [-0.1, -0.05) is 12.0 Å². The molecule has 0 aromatic heterocycles. The number of carboxylic acids is 1. The Balaban J connectivity index is 3.24. The summed E-state index contributed by atoms with van der Waals surface area (Å²) >= 11 is 1.44. The van der Waals surface area contributed by atoms with Crippen LogP contribution in [0.1, 0.15) is 5.56 Å². The van der Waals surface area contributed by atoms with Crippen molar-refractivity contribution in [3.05, 3.63) is 23.8 Å². The van der Waals surface area contributed by atoms with Gasteiger partial charge in [0.05, 0.1) is 17.8 Å². The lowest BCUT2D eigenvalue weighted by Gasteiger charge is -2.22. The standard InChI is InChI=1S/C13H12N2O2S/c1-3-7-15(9-13(16)17)11-5-4-6-12(18-2)10(11)8-14/h1,4-6H,7,9H2,2H3,(H,16,17). The van der Waals surface area contributed by atoms with Gasteiger partial charge < -0.3 is 10.0 Å². The summed E-state index contributed by atoms with van der Waals surface area (Å²) < 4.78 is 0. The molecule has 1 rings (SSSR count). The molecule has 0 spiro atoms. The Kier molecular flexibility index (Phi) is 5.10. The number of hydrogen-bond acceptors (Lipinski definition) is 4. The van der Waals surface area contributed by atoms with Gasteiger partial charge >= 0.3 is 5.97 Å². The molecule has 0 atom stereocenters. The van der Waals surface area contributed by atoms with Gasteiger partial charge in [0.2, 0.25) is 0 Å². The molecular formula is C13H12N2O2S. The van der Waals surface area contributed by atoms with Gasteiger partial charge in [0.1, 0.15) is 12.6 Å². The molecule has 0 aliphatic rings. The second-order valence-electron chi connectivity index (χ2n) is 3.42. The number of carboxylic acid groups (broad SMARTS) is 1. The molecule has 0 aliphatic carbocycles. The normalized spacial score (nSPS) is 9.28. The Bertz CT molecular complexity index is 529. The summed E-state index contributed by atoms with van der Waals surface area (Å²) in [7, 11) is 0. The molecule has 1 aromatic rings. The van der Waals surface area contributed by atoms with Gasteiger partial charge in [0, 0.05) is 4.90 Å². The number of aliphatic carboxylic acids is 1. The monoisotopic (exact) mass is 260 g/mol. The van der Waals surface area contributed by atoms with E-state index in [0.717, 1.165) is 4.90 Å². The average Bonchev–Trinajstić information content (AvgIpc) is 2.36. The molecule has 0 unspecified atom stereocenters. The maximum Gasteiger partial charge on any atom is 0.323 e. The average molecular weight is 260 g/mol. The van der Waals surface area contributed by atoms with Crippen LogP contribution < -0.4 is 4.90 Å². The summed E-state index contributed by atoms with van der Waals surface area (Å²) in [5, 5.41) is 18.1. The molecular weight excluding hydrogens is 248 g/mol. The Labute approximate surface area is 110 Å². The van der Waals surface area contributed by atoms with Crippen molar-refractivity contribution in [2.45, 2.75) is 4.90 Å². The molecule has 1 N–H and O–H groups in total. The minimum atomic E-state index is -0.983. The molecule has 1 aromatic carbocycles. The van der Waals surface area contributed by atoms with E-state index in [1.54, 1.807) is 12.1 Å². The molecule has 0 aliphatic heterocycles. The van der Waals surface area contributed by atoms with Crippen LogP contribution in [0.15, 0.2) is 23.1 Å². The fourth-order valence-electron chi connectivity index (χ4n) is 1.57. The van der Waals surface area contributed by atoms with Crippen molar-refractivity contribution in [2.75, 3.05) is 24.2 Å². The second kappa shape index (κ2) is 6.58. The molecule has 0 saturated heterocycles. The molecule has 0 radical (unpaired) electrons. The van der Waals surface area contributed by atoms with E-state index in [1.165, 1.54) is 16.7 Å². The highest BCUT2D eigenvalue weighted by Gasteiger charge is 2.15. The summed E-state index contributed by atoms with van der Waals surface area (Å²) in [4.78, 5) is 13.1. The van der Waals surface area contributed by atoms with Gasteiger partial charge in [-0.25, -0.2) is 0 Å². The number of carbonyl (C=O) groups is 1. The molecule has 0 saturated carbocycles. The van der Waals surface area contributed by atoms with Crippen LogP contribution in [-0.2, 0) is 4.79 Å². The quantitative estimate of drug-likeness (QED) is 0.646. The van der Waals surface area contributed by atoms with Crippen LogP contribution in [0.4, 0.5) is 5.69 Å². The molecule has 18 heavy (non-hydrogen) atoms. The zero-order valence-corrected chi connectivity index (χ0v) is 10.7. The maximum atomic E-state index is 10.8. The molecule has 0 bridgehead atoms. The van der Waals surface area contributed by atoms with Gasteiger partial charge in [0.15, 0.2) is 0 Å². The summed E-state index contributed by atoms with van der Waals surface area (Å²) in [6.45, 7) is -0.0739. The number of anilines is 1. The van der Waals surface area contributed by atoms with Crippen LogP contribution in [0.5, 0.6) is 0 Å². The van der Waals surface area contributed by atoms with Crippen LogP contribution in [-0.4, -0.2) is 30.4 Å². The number of benzene rings is 1. The zero-order chi connectivity index (χ0) is 13.5. The van der Waals surface area contributed by atoms with E-state index in [9.17, 15) is 10.1 Å². The summed E-state index contributed by atoms with van der Waals surface area (Å²) in [5.74, 6) is 1.42. The lowest BCUT2D eigenvalue weighted by atomic mass is 10.1. The predicted molar refractivity (Wildman–Crippen MR) is 71.6 cm³/mol. The third kappa shape index (κ3) is 3.19. The fourth-order valence-corrected chi connectivity index (χ4v) is 2.13. The summed E-state index contributed by atoms with van der Waals surface area (Å²) in [5.41, 5.74) is 1.02. The smallest absolute Gasteiger partial charge is 0.323 e. The fraction of sp³-hybridized carbons (Fsp3) is 0.231. The van der Waals surface area contributed by atoms with Crippen molar-refractivity contribution in [3.63, 3.8) is 0 Å². The van der Waals surface area contributed by atoms with Crippen LogP contribution in [0.25, 0.3) is 0 Å². The van der Waals surface area contributed by atoms with Crippen molar-refractivity contribution in [2.24, 2.45) is 0 Å². The third-order valence-corrected chi connectivity index (χ3v) is 3.06. The molecule has 5 heteroatoms. The molecule has 0 amide bonds. The van der Waals surface area contributed by atoms with Crippen molar-refractivity contribution < 1.29 is 9.90 Å². The Morgan fingerprint density at radius 1 is 1.61 bits per heavy atom. The number of hydrogen-bond donors (Lipinski definition) is 1. The molecule has 4 nitrogen and oxygen atoms in total.